The SMILES string of the molecule is CC(C)CNCCC(C)N(C)C(C)c1ccc(Cl)cc1. The van der Waals surface area contributed by atoms with Crippen LogP contribution in [0.5, 0.6) is 0 Å². The predicted octanol–water partition coefficient (Wildman–Crippen LogP) is 4.36. The highest BCUT2D eigenvalue weighted by Crippen LogP contribution is 2.23. The van der Waals surface area contributed by atoms with E-state index in [4.69, 9.17) is 11.6 Å². The molecule has 1 N–H and O–H groups in total. The first kappa shape index (κ1) is 17.5. The van der Waals surface area contributed by atoms with E-state index in [0.717, 1.165) is 24.0 Å². The van der Waals surface area contributed by atoms with Gasteiger partial charge in [0.15, 0.2) is 0 Å². The second-order valence-corrected chi connectivity index (χ2v) is 6.57. The summed E-state index contributed by atoms with van der Waals surface area (Å²) in [4.78, 5) is 2.43. The van der Waals surface area contributed by atoms with Crippen molar-refractivity contribution < 1.29 is 0 Å². The molecule has 0 saturated heterocycles. The summed E-state index contributed by atoms with van der Waals surface area (Å²) in [6.45, 7) is 11.2. The molecule has 1 aromatic carbocycles. The largest absolute Gasteiger partial charge is 0.316 e. The Morgan fingerprint density at radius 3 is 2.25 bits per heavy atom. The Morgan fingerprint density at radius 1 is 1.10 bits per heavy atom. The first-order chi connectivity index (χ1) is 9.41. The smallest absolute Gasteiger partial charge is 0.0406 e. The van der Waals surface area contributed by atoms with E-state index in [9.17, 15) is 0 Å². The van der Waals surface area contributed by atoms with Crippen LogP contribution in [0.15, 0.2) is 24.3 Å². The second kappa shape index (κ2) is 8.66. The molecule has 1 rings (SSSR count). The van der Waals surface area contributed by atoms with E-state index < -0.39 is 0 Å². The average molecular weight is 297 g/mol. The molecular weight excluding hydrogens is 268 g/mol. The number of hydrogen-bond acceptors (Lipinski definition) is 2. The molecule has 3 heteroatoms. The fourth-order valence-electron chi connectivity index (χ4n) is 2.26. The minimum Gasteiger partial charge on any atom is -0.316 e. The third-order valence-corrected chi connectivity index (χ3v) is 4.20. The van der Waals surface area contributed by atoms with Crippen LogP contribution >= 0.6 is 11.6 Å². The highest BCUT2D eigenvalue weighted by Gasteiger charge is 2.17. The molecule has 0 aromatic heterocycles. The summed E-state index contributed by atoms with van der Waals surface area (Å²) in [5.74, 6) is 0.719. The van der Waals surface area contributed by atoms with Crippen molar-refractivity contribution >= 4 is 11.6 Å². The summed E-state index contributed by atoms with van der Waals surface area (Å²) in [6, 6.07) is 9.14. The minimum atomic E-state index is 0.410. The van der Waals surface area contributed by atoms with Gasteiger partial charge in [0.25, 0.3) is 0 Å². The van der Waals surface area contributed by atoms with E-state index >= 15 is 0 Å². The van der Waals surface area contributed by atoms with Crippen LogP contribution < -0.4 is 5.32 Å². The van der Waals surface area contributed by atoms with E-state index in [-0.39, 0.29) is 0 Å². The summed E-state index contributed by atoms with van der Waals surface area (Å²) in [7, 11) is 2.20. The maximum Gasteiger partial charge on any atom is 0.0406 e. The van der Waals surface area contributed by atoms with Crippen molar-refractivity contribution in [3.63, 3.8) is 0 Å². The van der Waals surface area contributed by atoms with Gasteiger partial charge in [-0.2, -0.15) is 0 Å². The van der Waals surface area contributed by atoms with Crippen LogP contribution in [0.2, 0.25) is 5.02 Å². The molecule has 0 amide bonds. The van der Waals surface area contributed by atoms with E-state index in [2.05, 4.69) is 57.1 Å². The molecule has 0 fully saturated rings. The number of benzene rings is 1. The third-order valence-electron chi connectivity index (χ3n) is 3.95. The van der Waals surface area contributed by atoms with Crippen molar-refractivity contribution in [3.05, 3.63) is 34.9 Å². The fourth-order valence-corrected chi connectivity index (χ4v) is 2.39. The van der Waals surface area contributed by atoms with E-state index in [1.54, 1.807) is 0 Å². The van der Waals surface area contributed by atoms with Gasteiger partial charge in [-0.3, -0.25) is 4.90 Å². The Kier molecular flexibility index (Phi) is 7.57. The number of nitrogens with one attached hydrogen (secondary N) is 1. The lowest BCUT2D eigenvalue weighted by molar-refractivity contribution is 0.187. The first-order valence-electron chi connectivity index (χ1n) is 7.60. The van der Waals surface area contributed by atoms with Crippen molar-refractivity contribution in [1.82, 2.24) is 10.2 Å². The number of halogens is 1. The average Bonchev–Trinajstić information content (AvgIpc) is 2.42. The quantitative estimate of drug-likeness (QED) is 0.717. The lowest BCUT2D eigenvalue weighted by Crippen LogP contribution is -2.34. The Balaban J connectivity index is 2.43. The van der Waals surface area contributed by atoms with E-state index in [0.29, 0.717) is 12.1 Å². The molecule has 1 aromatic rings. The summed E-state index contributed by atoms with van der Waals surface area (Å²) in [6.07, 6.45) is 1.17. The van der Waals surface area contributed by atoms with Gasteiger partial charge in [0, 0.05) is 17.1 Å². The van der Waals surface area contributed by atoms with E-state index in [1.807, 2.05) is 12.1 Å². The summed E-state index contributed by atoms with van der Waals surface area (Å²) < 4.78 is 0. The molecule has 2 nitrogen and oxygen atoms in total. The predicted molar refractivity (Wildman–Crippen MR) is 89.4 cm³/mol. The summed E-state index contributed by atoms with van der Waals surface area (Å²) >= 11 is 5.95. The topological polar surface area (TPSA) is 15.3 Å². The molecule has 0 aliphatic carbocycles. The van der Waals surface area contributed by atoms with Gasteiger partial charge in [0.2, 0.25) is 0 Å². The van der Waals surface area contributed by atoms with Crippen LogP contribution in [0, 0.1) is 5.92 Å². The Labute approximate surface area is 129 Å². The Bertz CT molecular complexity index is 375. The standard InChI is InChI=1S/C17H29ClN2/c1-13(2)12-19-11-10-14(3)20(5)15(4)16-6-8-17(18)9-7-16/h6-9,13-15,19H,10-12H2,1-5H3. The molecule has 20 heavy (non-hydrogen) atoms. The van der Waals surface area contributed by atoms with Crippen molar-refractivity contribution in [3.8, 4) is 0 Å². The van der Waals surface area contributed by atoms with Crippen molar-refractivity contribution in [2.45, 2.75) is 46.2 Å². The third kappa shape index (κ3) is 5.82. The number of rotatable bonds is 8. The molecule has 0 radical (unpaired) electrons. The lowest BCUT2D eigenvalue weighted by Gasteiger charge is -2.31. The molecule has 0 aliphatic heterocycles. The molecule has 0 heterocycles. The summed E-state index contributed by atoms with van der Waals surface area (Å²) in [5.41, 5.74) is 1.32. The molecule has 0 bridgehead atoms. The minimum absolute atomic E-state index is 0.410. The van der Waals surface area contributed by atoms with Gasteiger partial charge < -0.3 is 5.32 Å². The van der Waals surface area contributed by atoms with Crippen LogP contribution in [0.1, 0.15) is 45.7 Å². The molecule has 0 aliphatic rings. The fraction of sp³-hybridized carbons (Fsp3) is 0.647. The van der Waals surface area contributed by atoms with Crippen LogP contribution in [0.3, 0.4) is 0 Å². The van der Waals surface area contributed by atoms with E-state index in [1.165, 1.54) is 12.0 Å². The van der Waals surface area contributed by atoms with Gasteiger partial charge in [0.05, 0.1) is 0 Å². The second-order valence-electron chi connectivity index (χ2n) is 6.13. The normalized spacial score (nSPS) is 14.8. The maximum atomic E-state index is 5.95. The van der Waals surface area contributed by atoms with Crippen molar-refractivity contribution in [1.29, 1.82) is 0 Å². The van der Waals surface area contributed by atoms with Crippen molar-refractivity contribution in [2.24, 2.45) is 5.92 Å². The molecule has 0 saturated carbocycles. The first-order valence-corrected chi connectivity index (χ1v) is 7.97. The molecule has 114 valence electrons. The van der Waals surface area contributed by atoms with Gasteiger partial charge in [0.1, 0.15) is 0 Å². The van der Waals surface area contributed by atoms with Gasteiger partial charge in [-0.15, -0.1) is 0 Å². The zero-order valence-corrected chi connectivity index (χ0v) is 14.2. The maximum absolute atomic E-state index is 5.95. The lowest BCUT2D eigenvalue weighted by atomic mass is 10.0. The Morgan fingerprint density at radius 2 is 1.70 bits per heavy atom. The molecular formula is C17H29ClN2. The van der Waals surface area contributed by atoms with Crippen LogP contribution in [0.25, 0.3) is 0 Å². The van der Waals surface area contributed by atoms with Crippen molar-refractivity contribution in [2.75, 3.05) is 20.1 Å². The molecule has 0 spiro atoms. The van der Waals surface area contributed by atoms with Crippen LogP contribution in [0.4, 0.5) is 0 Å². The van der Waals surface area contributed by atoms with Gasteiger partial charge in [-0.05, 0) is 64.0 Å². The monoisotopic (exact) mass is 296 g/mol. The highest BCUT2D eigenvalue weighted by molar-refractivity contribution is 6.30. The van der Waals surface area contributed by atoms with Gasteiger partial charge in [-0.25, -0.2) is 0 Å². The van der Waals surface area contributed by atoms with Gasteiger partial charge in [-0.1, -0.05) is 37.6 Å². The summed E-state index contributed by atoms with van der Waals surface area (Å²) in [5, 5.41) is 4.31. The number of nitrogens with zero attached hydrogens (tertiary/aromatic N) is 1. The molecule has 2 unspecified atom stereocenters. The zero-order chi connectivity index (χ0) is 15.1. The Hall–Kier alpha value is -0.570. The molecule has 2 atom stereocenters. The zero-order valence-electron chi connectivity index (χ0n) is 13.5. The van der Waals surface area contributed by atoms with Crippen LogP contribution in [-0.4, -0.2) is 31.1 Å². The van der Waals surface area contributed by atoms with Gasteiger partial charge >= 0.3 is 0 Å². The number of hydrogen-bond donors (Lipinski definition) is 1. The highest BCUT2D eigenvalue weighted by atomic mass is 35.5. The van der Waals surface area contributed by atoms with Crippen LogP contribution in [-0.2, 0) is 0 Å².